The first-order chi connectivity index (χ1) is 23.5. The van der Waals surface area contributed by atoms with Gasteiger partial charge in [0.05, 0.1) is 23.7 Å². The Balaban J connectivity index is 1.39. The van der Waals surface area contributed by atoms with Gasteiger partial charge in [0.25, 0.3) is 11.8 Å². The molecule has 1 fully saturated rings. The van der Waals surface area contributed by atoms with Gasteiger partial charge in [-0.05, 0) is 66.5 Å². The number of benzene rings is 2. The molecule has 1 unspecified atom stereocenters. The fraction of sp³-hybridized carbons (Fsp3) is 0.485. The van der Waals surface area contributed by atoms with Gasteiger partial charge in [-0.2, -0.15) is 26.3 Å². The molecule has 2 aromatic carbocycles. The van der Waals surface area contributed by atoms with Gasteiger partial charge < -0.3 is 19.9 Å². The van der Waals surface area contributed by atoms with Crippen molar-refractivity contribution in [2.24, 2.45) is 22.6 Å². The lowest BCUT2D eigenvalue weighted by Gasteiger charge is -2.34. The second kappa shape index (κ2) is 13.0. The SMILES string of the molecule is CC(C)CC(c1ccc(C(F)(F)F)c(C(=O)N2CCn3c(nnc3C(F)(F)F)C2)c1)N1C(=O)[C@@](C[C@@H]2CCOC2)(c2ccc(F)cc2)N=C1N. The molecule has 4 heterocycles. The van der Waals surface area contributed by atoms with Gasteiger partial charge >= 0.3 is 12.4 Å². The number of rotatable bonds is 8. The van der Waals surface area contributed by atoms with E-state index in [9.17, 15) is 40.3 Å². The predicted octanol–water partition coefficient (Wildman–Crippen LogP) is 5.68. The maximum Gasteiger partial charge on any atom is 0.451 e. The number of aliphatic imine (C=N–C) groups is 1. The molecule has 0 bridgehead atoms. The molecule has 0 spiro atoms. The van der Waals surface area contributed by atoms with E-state index in [-0.39, 0.29) is 55.1 Å². The standard InChI is InChI=1S/C33H34F7N7O3/c1-18(2)13-25(47-29(49)31(42-30(47)41,15-19-9-12-50-17-19)21-4-6-22(34)7-5-21)20-3-8-24(32(35,36)37)23(14-20)27(48)45-10-11-46-26(16-45)43-44-28(46)33(38,39)40/h3-8,14,18-19,25H,9-13,15-17H2,1-2H3,(H2,41,42)/t19-,25?,31+/m0/s1. The van der Waals surface area contributed by atoms with Crippen LogP contribution in [0.25, 0.3) is 0 Å². The molecule has 6 rings (SSSR count). The number of fused-ring (bicyclic) bond motifs is 1. The number of carbonyl (C=O) groups excluding carboxylic acids is 2. The van der Waals surface area contributed by atoms with Crippen molar-refractivity contribution in [3.05, 3.63) is 82.2 Å². The summed E-state index contributed by atoms with van der Waals surface area (Å²) in [5, 5.41) is 6.69. The van der Waals surface area contributed by atoms with Crippen LogP contribution >= 0.6 is 0 Å². The summed E-state index contributed by atoms with van der Waals surface area (Å²) in [6.07, 6.45) is -8.73. The van der Waals surface area contributed by atoms with E-state index in [1.165, 1.54) is 35.2 Å². The average molecular weight is 710 g/mol. The highest BCUT2D eigenvalue weighted by Crippen LogP contribution is 2.45. The van der Waals surface area contributed by atoms with E-state index in [1.807, 2.05) is 13.8 Å². The van der Waals surface area contributed by atoms with E-state index in [2.05, 4.69) is 15.2 Å². The first-order valence-electron chi connectivity index (χ1n) is 16.0. The summed E-state index contributed by atoms with van der Waals surface area (Å²) in [5.74, 6) is -4.04. The maximum absolute atomic E-state index is 14.6. The second-order valence-corrected chi connectivity index (χ2v) is 13.2. The van der Waals surface area contributed by atoms with E-state index < -0.39 is 65.1 Å². The number of alkyl halides is 6. The van der Waals surface area contributed by atoms with Crippen LogP contribution in [-0.2, 0) is 40.5 Å². The van der Waals surface area contributed by atoms with Gasteiger partial charge in [0.15, 0.2) is 17.3 Å². The Bertz CT molecular complexity index is 1800. The number of carbonyl (C=O) groups is 2. The summed E-state index contributed by atoms with van der Waals surface area (Å²) in [6.45, 7) is 3.33. The van der Waals surface area contributed by atoms with Gasteiger partial charge in [-0.15, -0.1) is 10.2 Å². The number of amides is 2. The van der Waals surface area contributed by atoms with Crippen molar-refractivity contribution in [2.45, 2.75) is 70.1 Å². The number of ether oxygens (including phenoxy) is 1. The molecule has 2 amide bonds. The minimum Gasteiger partial charge on any atom is -0.381 e. The lowest BCUT2D eigenvalue weighted by molar-refractivity contribution is -0.148. The first-order valence-corrected chi connectivity index (χ1v) is 16.0. The van der Waals surface area contributed by atoms with E-state index in [0.29, 0.717) is 25.2 Å². The Hall–Kier alpha value is -4.54. The van der Waals surface area contributed by atoms with Gasteiger partial charge in [0.2, 0.25) is 5.82 Å². The average Bonchev–Trinajstić information content (AvgIpc) is 3.77. The van der Waals surface area contributed by atoms with Crippen molar-refractivity contribution in [1.29, 1.82) is 0 Å². The summed E-state index contributed by atoms with van der Waals surface area (Å²) in [5.41, 5.74) is 3.48. The molecule has 3 aliphatic rings. The molecule has 0 radical (unpaired) electrons. The molecule has 10 nitrogen and oxygen atoms in total. The normalized spacial score (nSPS) is 21.9. The van der Waals surface area contributed by atoms with Crippen molar-refractivity contribution < 1.29 is 45.1 Å². The molecule has 3 aromatic rings. The molecule has 268 valence electrons. The monoisotopic (exact) mass is 709 g/mol. The summed E-state index contributed by atoms with van der Waals surface area (Å²) < 4.78 is 104. The van der Waals surface area contributed by atoms with Gasteiger partial charge in [-0.3, -0.25) is 14.5 Å². The smallest absolute Gasteiger partial charge is 0.381 e. The quantitative estimate of drug-likeness (QED) is 0.301. The lowest BCUT2D eigenvalue weighted by Crippen LogP contribution is -2.46. The molecule has 17 heteroatoms. The number of guanidine groups is 1. The van der Waals surface area contributed by atoms with Gasteiger partial charge in [0, 0.05) is 26.3 Å². The van der Waals surface area contributed by atoms with Gasteiger partial charge in [-0.1, -0.05) is 32.0 Å². The fourth-order valence-corrected chi connectivity index (χ4v) is 6.97. The summed E-state index contributed by atoms with van der Waals surface area (Å²) in [7, 11) is 0. The molecule has 2 N–H and O–H groups in total. The summed E-state index contributed by atoms with van der Waals surface area (Å²) >= 11 is 0. The summed E-state index contributed by atoms with van der Waals surface area (Å²) in [6, 6.07) is 7.33. The number of hydrogen-bond acceptors (Lipinski definition) is 7. The first kappa shape index (κ1) is 35.3. The minimum atomic E-state index is -4.97. The highest BCUT2D eigenvalue weighted by atomic mass is 19.4. The molecule has 50 heavy (non-hydrogen) atoms. The third-order valence-corrected chi connectivity index (χ3v) is 9.32. The number of halogens is 7. The number of nitrogens with two attached hydrogens (primary N) is 1. The molecule has 1 aromatic heterocycles. The zero-order chi connectivity index (χ0) is 36.2. The van der Waals surface area contributed by atoms with Crippen molar-refractivity contribution in [3.8, 4) is 0 Å². The van der Waals surface area contributed by atoms with Gasteiger partial charge in [0.1, 0.15) is 5.82 Å². The predicted molar refractivity (Wildman–Crippen MR) is 163 cm³/mol. The molecule has 1 saturated heterocycles. The Labute approximate surface area is 282 Å². The molecular weight excluding hydrogens is 675 g/mol. The van der Waals surface area contributed by atoms with E-state index in [1.54, 1.807) is 0 Å². The zero-order valence-corrected chi connectivity index (χ0v) is 27.1. The summed E-state index contributed by atoms with van der Waals surface area (Å²) in [4.78, 5) is 35.3. The lowest BCUT2D eigenvalue weighted by atomic mass is 9.80. The van der Waals surface area contributed by atoms with Crippen molar-refractivity contribution >= 4 is 17.8 Å². The molecule has 0 saturated carbocycles. The van der Waals surface area contributed by atoms with E-state index in [0.717, 1.165) is 21.6 Å². The topological polar surface area (TPSA) is 119 Å². The molecule has 0 aliphatic carbocycles. The van der Waals surface area contributed by atoms with Crippen LogP contribution in [0.3, 0.4) is 0 Å². The van der Waals surface area contributed by atoms with Crippen LogP contribution in [-0.4, -0.2) is 62.1 Å². The largest absolute Gasteiger partial charge is 0.451 e. The van der Waals surface area contributed by atoms with E-state index >= 15 is 0 Å². The Morgan fingerprint density at radius 2 is 1.76 bits per heavy atom. The molecule has 3 aliphatic heterocycles. The van der Waals surface area contributed by atoms with Crippen LogP contribution in [0, 0.1) is 17.7 Å². The van der Waals surface area contributed by atoms with Crippen LogP contribution in [0.2, 0.25) is 0 Å². The third-order valence-electron chi connectivity index (χ3n) is 9.32. The van der Waals surface area contributed by atoms with Crippen molar-refractivity contribution in [3.63, 3.8) is 0 Å². The molecule has 3 atom stereocenters. The number of aromatic nitrogens is 3. The van der Waals surface area contributed by atoms with Crippen LogP contribution in [0.4, 0.5) is 30.7 Å². The number of nitrogens with zero attached hydrogens (tertiary/aromatic N) is 6. The van der Waals surface area contributed by atoms with Gasteiger partial charge in [-0.25, -0.2) is 9.38 Å². The van der Waals surface area contributed by atoms with Crippen LogP contribution in [0.5, 0.6) is 0 Å². The van der Waals surface area contributed by atoms with Crippen LogP contribution < -0.4 is 5.73 Å². The van der Waals surface area contributed by atoms with Crippen molar-refractivity contribution in [2.75, 3.05) is 19.8 Å². The Kier molecular flexibility index (Phi) is 9.16. The van der Waals surface area contributed by atoms with Crippen molar-refractivity contribution in [1.82, 2.24) is 24.6 Å². The highest BCUT2D eigenvalue weighted by Gasteiger charge is 2.53. The highest BCUT2D eigenvalue weighted by molar-refractivity contribution is 6.07. The fourth-order valence-electron chi connectivity index (χ4n) is 6.97. The minimum absolute atomic E-state index is 0.0816. The van der Waals surface area contributed by atoms with Crippen LogP contribution in [0.1, 0.15) is 77.8 Å². The molecular formula is C33H34F7N7O3. The Morgan fingerprint density at radius 3 is 2.38 bits per heavy atom. The maximum atomic E-state index is 14.6. The second-order valence-electron chi connectivity index (χ2n) is 13.2. The third kappa shape index (κ3) is 6.54. The van der Waals surface area contributed by atoms with E-state index in [4.69, 9.17) is 10.5 Å². The Morgan fingerprint density at radius 1 is 1.04 bits per heavy atom. The van der Waals surface area contributed by atoms with Crippen LogP contribution in [0.15, 0.2) is 47.5 Å². The number of hydrogen-bond donors (Lipinski definition) is 1. The zero-order valence-electron chi connectivity index (χ0n) is 27.1.